The van der Waals surface area contributed by atoms with Gasteiger partial charge in [0.15, 0.2) is 6.61 Å². The molecule has 1 atom stereocenters. The predicted octanol–water partition coefficient (Wildman–Crippen LogP) is 2.54. The third-order valence-electron chi connectivity index (χ3n) is 3.83. The van der Waals surface area contributed by atoms with Crippen LogP contribution < -0.4 is 4.74 Å². The predicted molar refractivity (Wildman–Crippen MR) is 82.5 cm³/mol. The second kappa shape index (κ2) is 8.50. The fourth-order valence-electron chi connectivity index (χ4n) is 2.71. The molecule has 126 valence electrons. The van der Waals surface area contributed by atoms with Gasteiger partial charge in [0, 0.05) is 12.6 Å². The lowest BCUT2D eigenvalue weighted by molar-refractivity contribution is -0.147. The zero-order chi connectivity index (χ0) is 16.7. The van der Waals surface area contributed by atoms with E-state index in [0.29, 0.717) is 18.9 Å². The summed E-state index contributed by atoms with van der Waals surface area (Å²) in [5.41, 5.74) is 0. The third kappa shape index (κ3) is 5.23. The smallest absolute Gasteiger partial charge is 0.307 e. The van der Waals surface area contributed by atoms with Crippen LogP contribution in [0.2, 0.25) is 0 Å². The molecule has 1 aromatic carbocycles. The average molecular weight is 323 g/mol. The van der Waals surface area contributed by atoms with E-state index < -0.39 is 0 Å². The SMILES string of the molecule is CCOC(=O)C[C@@H]1CCCCN1C(=O)COc1ccc(F)cc1. The molecule has 23 heavy (non-hydrogen) atoms. The number of carbonyl (C=O) groups excluding carboxylic acids is 2. The van der Waals surface area contributed by atoms with Gasteiger partial charge in [-0.2, -0.15) is 0 Å². The van der Waals surface area contributed by atoms with E-state index >= 15 is 0 Å². The van der Waals surface area contributed by atoms with Gasteiger partial charge in [0.2, 0.25) is 0 Å². The molecule has 0 aromatic heterocycles. The van der Waals surface area contributed by atoms with E-state index in [9.17, 15) is 14.0 Å². The molecule has 1 heterocycles. The van der Waals surface area contributed by atoms with Crippen LogP contribution in [0.25, 0.3) is 0 Å². The van der Waals surface area contributed by atoms with Crippen molar-refractivity contribution in [2.24, 2.45) is 0 Å². The number of benzene rings is 1. The monoisotopic (exact) mass is 323 g/mol. The maximum absolute atomic E-state index is 12.8. The number of nitrogens with zero attached hydrogens (tertiary/aromatic N) is 1. The van der Waals surface area contributed by atoms with Crippen molar-refractivity contribution in [1.82, 2.24) is 4.90 Å². The van der Waals surface area contributed by atoms with Crippen LogP contribution in [0.15, 0.2) is 24.3 Å². The normalized spacial score (nSPS) is 17.7. The van der Waals surface area contributed by atoms with Gasteiger partial charge in [0.05, 0.1) is 13.0 Å². The fraction of sp³-hybridized carbons (Fsp3) is 0.529. The van der Waals surface area contributed by atoms with Crippen LogP contribution in [0.1, 0.15) is 32.6 Å². The highest BCUT2D eigenvalue weighted by molar-refractivity contribution is 5.79. The molecule has 1 fully saturated rings. The minimum atomic E-state index is -0.353. The van der Waals surface area contributed by atoms with E-state index in [-0.39, 0.29) is 36.8 Å². The zero-order valence-corrected chi connectivity index (χ0v) is 13.3. The fourth-order valence-corrected chi connectivity index (χ4v) is 2.71. The highest BCUT2D eigenvalue weighted by atomic mass is 19.1. The molecule has 1 saturated heterocycles. The first-order chi connectivity index (χ1) is 11.1. The maximum atomic E-state index is 12.8. The van der Waals surface area contributed by atoms with Crippen molar-refractivity contribution in [3.63, 3.8) is 0 Å². The van der Waals surface area contributed by atoms with Crippen molar-refractivity contribution < 1.29 is 23.5 Å². The van der Waals surface area contributed by atoms with E-state index in [2.05, 4.69) is 0 Å². The first kappa shape index (κ1) is 17.2. The van der Waals surface area contributed by atoms with Crippen LogP contribution in [0.3, 0.4) is 0 Å². The lowest BCUT2D eigenvalue weighted by atomic mass is 9.99. The van der Waals surface area contributed by atoms with Gasteiger partial charge in [-0.05, 0) is 50.5 Å². The first-order valence-corrected chi connectivity index (χ1v) is 7.93. The van der Waals surface area contributed by atoms with Crippen molar-refractivity contribution in [2.45, 2.75) is 38.6 Å². The summed E-state index contributed by atoms with van der Waals surface area (Å²) in [5, 5.41) is 0. The molecule has 1 aliphatic rings. The molecule has 0 unspecified atom stereocenters. The van der Waals surface area contributed by atoms with Crippen LogP contribution in [0.5, 0.6) is 5.75 Å². The van der Waals surface area contributed by atoms with Gasteiger partial charge < -0.3 is 14.4 Å². The first-order valence-electron chi connectivity index (χ1n) is 7.93. The maximum Gasteiger partial charge on any atom is 0.307 e. The highest BCUT2D eigenvalue weighted by Crippen LogP contribution is 2.21. The number of amides is 1. The van der Waals surface area contributed by atoms with E-state index in [1.165, 1.54) is 24.3 Å². The molecule has 0 radical (unpaired) electrons. The minimum Gasteiger partial charge on any atom is -0.484 e. The van der Waals surface area contributed by atoms with Gasteiger partial charge in [0.25, 0.3) is 5.91 Å². The molecule has 5 nitrogen and oxygen atoms in total. The summed E-state index contributed by atoms with van der Waals surface area (Å²) in [5.74, 6) is -0.354. The molecule has 1 aromatic rings. The van der Waals surface area contributed by atoms with Crippen LogP contribution >= 0.6 is 0 Å². The summed E-state index contributed by atoms with van der Waals surface area (Å²) in [7, 11) is 0. The number of rotatable bonds is 6. The van der Waals surface area contributed by atoms with Crippen molar-refractivity contribution in [3.8, 4) is 5.75 Å². The average Bonchev–Trinajstić information content (AvgIpc) is 2.55. The molecule has 1 aliphatic heterocycles. The second-order valence-corrected chi connectivity index (χ2v) is 5.49. The Hall–Kier alpha value is -2.11. The summed E-state index contributed by atoms with van der Waals surface area (Å²) >= 11 is 0. The number of carbonyl (C=O) groups is 2. The standard InChI is InChI=1S/C17H22FNO4/c1-2-22-17(21)11-14-5-3-4-10-19(14)16(20)12-23-15-8-6-13(18)7-9-15/h6-9,14H,2-5,10-12H2,1H3/t14-/m0/s1. The van der Waals surface area contributed by atoms with Gasteiger partial charge in [-0.15, -0.1) is 0 Å². The van der Waals surface area contributed by atoms with Crippen molar-refractivity contribution >= 4 is 11.9 Å². The molecule has 6 heteroatoms. The van der Waals surface area contributed by atoms with Crippen molar-refractivity contribution in [3.05, 3.63) is 30.1 Å². The summed E-state index contributed by atoms with van der Waals surface area (Å²) in [6, 6.07) is 5.39. The Balaban J connectivity index is 1.89. The molecular formula is C17H22FNO4. The molecule has 1 amide bonds. The van der Waals surface area contributed by atoms with Gasteiger partial charge >= 0.3 is 5.97 Å². The molecule has 0 aliphatic carbocycles. The Kier molecular flexibility index (Phi) is 6.38. The zero-order valence-electron chi connectivity index (χ0n) is 13.3. The topological polar surface area (TPSA) is 55.8 Å². The van der Waals surface area contributed by atoms with Crippen LogP contribution in [-0.2, 0) is 14.3 Å². The molecule has 0 bridgehead atoms. The lowest BCUT2D eigenvalue weighted by Gasteiger charge is -2.35. The van der Waals surface area contributed by atoms with Crippen molar-refractivity contribution in [2.75, 3.05) is 19.8 Å². The summed E-state index contributed by atoms with van der Waals surface area (Å²) < 4.78 is 23.2. The molecule has 0 spiro atoms. The lowest BCUT2D eigenvalue weighted by Crippen LogP contribution is -2.46. The molecule has 0 N–H and O–H groups in total. The van der Waals surface area contributed by atoms with E-state index in [1.54, 1.807) is 11.8 Å². The number of ether oxygens (including phenoxy) is 2. The summed E-state index contributed by atoms with van der Waals surface area (Å²) in [6.07, 6.45) is 2.92. The number of likely N-dealkylation sites (tertiary alicyclic amines) is 1. The van der Waals surface area contributed by atoms with Crippen LogP contribution in [-0.4, -0.2) is 42.6 Å². The molecule has 0 saturated carbocycles. The van der Waals surface area contributed by atoms with Gasteiger partial charge in [0.1, 0.15) is 11.6 Å². The second-order valence-electron chi connectivity index (χ2n) is 5.49. The number of hydrogen-bond acceptors (Lipinski definition) is 4. The summed E-state index contributed by atoms with van der Waals surface area (Å²) in [6.45, 7) is 2.60. The molecule has 2 rings (SSSR count). The van der Waals surface area contributed by atoms with E-state index in [1.807, 2.05) is 0 Å². The number of halogens is 1. The third-order valence-corrected chi connectivity index (χ3v) is 3.83. The van der Waals surface area contributed by atoms with Gasteiger partial charge in [-0.1, -0.05) is 0 Å². The molecular weight excluding hydrogens is 301 g/mol. The Morgan fingerprint density at radius 2 is 2.00 bits per heavy atom. The van der Waals surface area contributed by atoms with Crippen LogP contribution in [0.4, 0.5) is 4.39 Å². The van der Waals surface area contributed by atoms with Gasteiger partial charge in [-0.25, -0.2) is 4.39 Å². The number of esters is 1. The highest BCUT2D eigenvalue weighted by Gasteiger charge is 2.29. The summed E-state index contributed by atoms with van der Waals surface area (Å²) in [4.78, 5) is 25.7. The Bertz CT molecular complexity index is 532. The van der Waals surface area contributed by atoms with Gasteiger partial charge in [-0.3, -0.25) is 9.59 Å². The van der Waals surface area contributed by atoms with E-state index in [4.69, 9.17) is 9.47 Å². The quantitative estimate of drug-likeness (QED) is 0.755. The Morgan fingerprint density at radius 3 is 2.70 bits per heavy atom. The van der Waals surface area contributed by atoms with Crippen LogP contribution in [0, 0.1) is 5.82 Å². The number of piperidine rings is 1. The number of hydrogen-bond donors (Lipinski definition) is 0. The van der Waals surface area contributed by atoms with Crippen molar-refractivity contribution in [1.29, 1.82) is 0 Å². The Morgan fingerprint density at radius 1 is 1.26 bits per heavy atom. The largest absolute Gasteiger partial charge is 0.484 e. The minimum absolute atomic E-state index is 0.120. The Labute approximate surface area is 135 Å². The van der Waals surface area contributed by atoms with E-state index in [0.717, 1.165) is 19.3 Å².